The zero-order valence-corrected chi connectivity index (χ0v) is 16.1. The second-order valence-corrected chi connectivity index (χ2v) is 7.37. The highest BCUT2D eigenvalue weighted by atomic mass is 16.1. The average Bonchev–Trinajstić information content (AvgIpc) is 3.05. The van der Waals surface area contributed by atoms with Crippen LogP contribution >= 0.6 is 0 Å². The number of aromatic nitrogens is 1. The molecule has 0 atom stereocenters. The minimum atomic E-state index is 0.146. The summed E-state index contributed by atoms with van der Waals surface area (Å²) in [5.41, 5.74) is 7.35. The van der Waals surface area contributed by atoms with Gasteiger partial charge >= 0.3 is 0 Å². The van der Waals surface area contributed by atoms with E-state index >= 15 is 0 Å². The molecule has 0 aliphatic heterocycles. The van der Waals surface area contributed by atoms with E-state index in [0.29, 0.717) is 0 Å². The second-order valence-electron chi connectivity index (χ2n) is 7.37. The van der Waals surface area contributed by atoms with Crippen LogP contribution in [0.25, 0.3) is 16.9 Å². The second kappa shape index (κ2) is 6.92. The van der Waals surface area contributed by atoms with Gasteiger partial charge in [0.05, 0.1) is 5.69 Å². The van der Waals surface area contributed by atoms with Crippen LogP contribution in [0.1, 0.15) is 28.0 Å². The van der Waals surface area contributed by atoms with Crippen molar-refractivity contribution in [2.45, 2.75) is 19.8 Å². The third-order valence-corrected chi connectivity index (χ3v) is 5.05. The zero-order chi connectivity index (χ0) is 19.0. The first-order valence-electron chi connectivity index (χ1n) is 9.33. The molecule has 0 saturated carbocycles. The summed E-state index contributed by atoms with van der Waals surface area (Å²) in [4.78, 5) is 15.1. The van der Waals surface area contributed by atoms with Gasteiger partial charge in [-0.3, -0.25) is 4.79 Å². The lowest BCUT2D eigenvalue weighted by molar-refractivity contribution is 0.102. The molecular formula is C24H24N2O. The van der Waals surface area contributed by atoms with Gasteiger partial charge < -0.3 is 9.47 Å². The van der Waals surface area contributed by atoms with Crippen LogP contribution in [-0.2, 0) is 6.42 Å². The molecule has 0 fully saturated rings. The van der Waals surface area contributed by atoms with Crippen LogP contribution in [0.4, 0.5) is 0 Å². The van der Waals surface area contributed by atoms with E-state index in [4.69, 9.17) is 0 Å². The lowest BCUT2D eigenvalue weighted by Crippen LogP contribution is -2.18. The van der Waals surface area contributed by atoms with E-state index in [-0.39, 0.29) is 5.78 Å². The third-order valence-electron chi connectivity index (χ3n) is 5.05. The van der Waals surface area contributed by atoms with E-state index in [1.807, 2.05) is 43.4 Å². The van der Waals surface area contributed by atoms with Crippen molar-refractivity contribution in [3.63, 3.8) is 0 Å². The number of Topliss-reactive ketones (excluding diaryl/α,β-unsaturated/α-hetero) is 1. The zero-order valence-electron chi connectivity index (χ0n) is 16.1. The Bertz CT molecular complexity index is 1010. The number of ketones is 1. The van der Waals surface area contributed by atoms with Crippen LogP contribution in [0.2, 0.25) is 0 Å². The van der Waals surface area contributed by atoms with E-state index in [9.17, 15) is 4.79 Å². The smallest absolute Gasteiger partial charge is 0.192 e. The van der Waals surface area contributed by atoms with Gasteiger partial charge in [0.2, 0.25) is 0 Å². The number of carbonyl (C=O) groups excluding carboxylic acids is 1. The van der Waals surface area contributed by atoms with E-state index in [2.05, 4.69) is 54.0 Å². The molecule has 27 heavy (non-hydrogen) atoms. The molecule has 3 heteroatoms. The lowest BCUT2D eigenvalue weighted by atomic mass is 9.91. The van der Waals surface area contributed by atoms with E-state index in [0.717, 1.165) is 46.6 Å². The van der Waals surface area contributed by atoms with Crippen LogP contribution in [0.15, 0.2) is 72.4 Å². The monoisotopic (exact) mass is 356 g/mol. The van der Waals surface area contributed by atoms with Crippen LogP contribution in [0.3, 0.4) is 0 Å². The first-order valence-corrected chi connectivity index (χ1v) is 9.33. The highest BCUT2D eigenvalue weighted by Gasteiger charge is 2.28. The molecule has 2 aromatic carbocycles. The van der Waals surface area contributed by atoms with Crippen LogP contribution in [0, 0.1) is 6.92 Å². The Balaban J connectivity index is 1.93. The first kappa shape index (κ1) is 17.3. The Kier molecular flexibility index (Phi) is 4.44. The summed E-state index contributed by atoms with van der Waals surface area (Å²) in [6.07, 6.45) is 3.59. The minimum absolute atomic E-state index is 0.146. The van der Waals surface area contributed by atoms with Gasteiger partial charge in [0.1, 0.15) is 0 Å². The van der Waals surface area contributed by atoms with Crippen molar-refractivity contribution >= 4 is 5.78 Å². The maximum absolute atomic E-state index is 13.1. The largest absolute Gasteiger partial charge is 0.383 e. The topological polar surface area (TPSA) is 25.2 Å². The fourth-order valence-corrected chi connectivity index (χ4v) is 3.78. The summed E-state index contributed by atoms with van der Waals surface area (Å²) in [5, 5.41) is 0. The van der Waals surface area contributed by atoms with Crippen LogP contribution in [0.5, 0.6) is 0 Å². The van der Waals surface area contributed by atoms with Crippen molar-refractivity contribution in [3.8, 4) is 16.9 Å². The van der Waals surface area contributed by atoms with Crippen LogP contribution in [-0.4, -0.2) is 29.3 Å². The van der Waals surface area contributed by atoms with E-state index in [1.54, 1.807) is 0 Å². The number of nitrogens with zero attached hydrogens (tertiary/aromatic N) is 2. The summed E-state index contributed by atoms with van der Waals surface area (Å²) < 4.78 is 2.26. The molecule has 136 valence electrons. The molecule has 3 nitrogen and oxygen atoms in total. The SMILES string of the molecule is Cc1ccc(-n2c(-c3ccccc3)cc3c2CC/C(=C/N(C)C)C3=O)cc1. The van der Waals surface area contributed by atoms with Crippen LogP contribution < -0.4 is 0 Å². The fourth-order valence-electron chi connectivity index (χ4n) is 3.78. The standard InChI is InChI=1S/C24H24N2O/c1-17-9-12-20(13-10-17)26-22-14-11-19(16-25(2)3)24(27)21(22)15-23(26)18-7-5-4-6-8-18/h4-10,12-13,15-16H,11,14H2,1-3H3/b19-16-. The molecule has 0 N–H and O–H groups in total. The maximum Gasteiger partial charge on any atom is 0.192 e. The van der Waals surface area contributed by atoms with Gasteiger partial charge in [-0.25, -0.2) is 0 Å². The van der Waals surface area contributed by atoms with Gasteiger partial charge in [-0.2, -0.15) is 0 Å². The molecule has 1 aliphatic rings. The minimum Gasteiger partial charge on any atom is -0.383 e. The first-order chi connectivity index (χ1) is 13.0. The average molecular weight is 356 g/mol. The van der Waals surface area contributed by atoms with Gasteiger partial charge in [-0.15, -0.1) is 0 Å². The van der Waals surface area contributed by atoms with Crippen molar-refractivity contribution in [1.82, 2.24) is 9.47 Å². The van der Waals surface area contributed by atoms with Gasteiger partial charge in [-0.1, -0.05) is 48.0 Å². The summed E-state index contributed by atoms with van der Waals surface area (Å²) in [7, 11) is 3.92. The van der Waals surface area contributed by atoms with Crippen molar-refractivity contribution < 1.29 is 4.79 Å². The Morgan fingerprint density at radius 2 is 1.67 bits per heavy atom. The highest BCUT2D eigenvalue weighted by Crippen LogP contribution is 2.35. The fraction of sp³-hybridized carbons (Fsp3) is 0.208. The number of fused-ring (bicyclic) bond motifs is 1. The Labute approximate surface area is 160 Å². The number of carbonyl (C=O) groups is 1. The van der Waals surface area contributed by atoms with Gasteiger partial charge in [0, 0.05) is 42.8 Å². The summed E-state index contributed by atoms with van der Waals surface area (Å²) in [6.45, 7) is 2.09. The predicted molar refractivity (Wildman–Crippen MR) is 110 cm³/mol. The molecule has 1 aliphatic carbocycles. The molecule has 0 saturated heterocycles. The summed E-state index contributed by atoms with van der Waals surface area (Å²) in [5.74, 6) is 0.146. The number of allylic oxidation sites excluding steroid dienone is 1. The van der Waals surface area contributed by atoms with Crippen molar-refractivity contribution in [3.05, 3.63) is 89.3 Å². The van der Waals surface area contributed by atoms with E-state index in [1.165, 1.54) is 5.56 Å². The molecule has 0 radical (unpaired) electrons. The lowest BCUT2D eigenvalue weighted by Gasteiger charge is -2.20. The molecule has 1 heterocycles. The number of hydrogen-bond donors (Lipinski definition) is 0. The number of aryl methyl sites for hydroxylation is 1. The van der Waals surface area contributed by atoms with Crippen molar-refractivity contribution in [2.24, 2.45) is 0 Å². The summed E-state index contributed by atoms with van der Waals surface area (Å²) in [6, 6.07) is 20.9. The predicted octanol–water partition coefficient (Wildman–Crippen LogP) is 5.03. The van der Waals surface area contributed by atoms with Crippen molar-refractivity contribution in [2.75, 3.05) is 14.1 Å². The molecule has 0 unspecified atom stereocenters. The van der Waals surface area contributed by atoms with Gasteiger partial charge in [-0.05, 0) is 43.5 Å². The van der Waals surface area contributed by atoms with Gasteiger partial charge in [0.15, 0.2) is 5.78 Å². The Morgan fingerprint density at radius 3 is 2.33 bits per heavy atom. The number of benzene rings is 2. The van der Waals surface area contributed by atoms with Crippen molar-refractivity contribution in [1.29, 1.82) is 0 Å². The Hall–Kier alpha value is -3.07. The molecular weight excluding hydrogens is 332 g/mol. The Morgan fingerprint density at radius 1 is 0.963 bits per heavy atom. The highest BCUT2D eigenvalue weighted by molar-refractivity contribution is 6.11. The summed E-state index contributed by atoms with van der Waals surface area (Å²) >= 11 is 0. The number of hydrogen-bond acceptors (Lipinski definition) is 2. The molecule has 4 rings (SSSR count). The normalized spacial score (nSPS) is 15.1. The quantitative estimate of drug-likeness (QED) is 0.615. The molecule has 0 spiro atoms. The molecule has 0 amide bonds. The molecule has 1 aromatic heterocycles. The molecule has 0 bridgehead atoms. The maximum atomic E-state index is 13.1. The molecule has 3 aromatic rings. The number of rotatable bonds is 3. The third kappa shape index (κ3) is 3.21. The van der Waals surface area contributed by atoms with E-state index < -0.39 is 0 Å². The van der Waals surface area contributed by atoms with Gasteiger partial charge in [0.25, 0.3) is 0 Å².